The lowest BCUT2D eigenvalue weighted by Gasteiger charge is -2.31. The first-order valence-electron chi connectivity index (χ1n) is 9.17. The van der Waals surface area contributed by atoms with Crippen molar-refractivity contribution in [3.05, 3.63) is 69.7 Å². The van der Waals surface area contributed by atoms with Crippen molar-refractivity contribution >= 4 is 17.5 Å². The Balaban J connectivity index is 1.52. The summed E-state index contributed by atoms with van der Waals surface area (Å²) in [6.07, 6.45) is 2.79. The Morgan fingerprint density at radius 2 is 1.66 bits per heavy atom. The summed E-state index contributed by atoms with van der Waals surface area (Å²) in [7, 11) is 0. The van der Waals surface area contributed by atoms with Gasteiger partial charge in [-0.15, -0.1) is 0 Å². The van der Waals surface area contributed by atoms with E-state index in [2.05, 4.69) is 15.1 Å². The number of halogens is 3. The van der Waals surface area contributed by atoms with Crippen molar-refractivity contribution in [3.63, 3.8) is 0 Å². The van der Waals surface area contributed by atoms with Gasteiger partial charge < -0.3 is 4.90 Å². The molecule has 0 N–H and O–H groups in total. The number of aromatic nitrogens is 4. The molecule has 0 spiro atoms. The Kier molecular flexibility index (Phi) is 5.27. The topological polar surface area (TPSA) is 63.9 Å². The molecule has 1 aromatic carbocycles. The predicted molar refractivity (Wildman–Crippen MR) is 106 cm³/mol. The summed E-state index contributed by atoms with van der Waals surface area (Å²) < 4.78 is 28.0. The van der Waals surface area contributed by atoms with Crippen molar-refractivity contribution < 1.29 is 8.78 Å². The summed E-state index contributed by atoms with van der Waals surface area (Å²) in [6, 6.07) is 10.2. The van der Waals surface area contributed by atoms with Crippen molar-refractivity contribution in [1.29, 1.82) is 0 Å². The van der Waals surface area contributed by atoms with E-state index in [-0.39, 0.29) is 31.5 Å². The summed E-state index contributed by atoms with van der Waals surface area (Å²) in [5.41, 5.74) is 1.86. The van der Waals surface area contributed by atoms with Crippen LogP contribution in [0.3, 0.4) is 0 Å². The summed E-state index contributed by atoms with van der Waals surface area (Å²) in [6.45, 7) is 0.748. The normalized spacial score (nSPS) is 16.0. The molecule has 0 aliphatic carbocycles. The van der Waals surface area contributed by atoms with Gasteiger partial charge in [-0.3, -0.25) is 4.79 Å². The van der Waals surface area contributed by atoms with Gasteiger partial charge in [-0.05, 0) is 23.8 Å². The molecule has 1 fully saturated rings. The van der Waals surface area contributed by atoms with E-state index < -0.39 is 5.92 Å². The third kappa shape index (κ3) is 4.59. The summed E-state index contributed by atoms with van der Waals surface area (Å²) >= 11 is 5.90. The molecule has 29 heavy (non-hydrogen) atoms. The van der Waals surface area contributed by atoms with E-state index in [0.29, 0.717) is 28.8 Å². The average molecular weight is 418 g/mol. The van der Waals surface area contributed by atoms with Crippen LogP contribution in [0.1, 0.15) is 18.4 Å². The molecule has 9 heteroatoms. The molecule has 3 heterocycles. The number of rotatable bonds is 4. The molecule has 0 saturated carbocycles. The third-order valence-corrected chi connectivity index (χ3v) is 5.08. The number of benzene rings is 1. The first kappa shape index (κ1) is 19.4. The summed E-state index contributed by atoms with van der Waals surface area (Å²) in [4.78, 5) is 22.5. The Morgan fingerprint density at radius 3 is 2.31 bits per heavy atom. The van der Waals surface area contributed by atoms with E-state index in [1.165, 1.54) is 10.7 Å². The van der Waals surface area contributed by atoms with Crippen molar-refractivity contribution in [2.75, 3.05) is 18.0 Å². The van der Waals surface area contributed by atoms with E-state index in [1.807, 2.05) is 12.1 Å². The van der Waals surface area contributed by atoms with Crippen molar-refractivity contribution in [3.8, 4) is 11.3 Å². The molecule has 4 rings (SSSR count). The van der Waals surface area contributed by atoms with E-state index in [9.17, 15) is 13.6 Å². The molecule has 1 saturated heterocycles. The highest BCUT2D eigenvalue weighted by Crippen LogP contribution is 2.29. The van der Waals surface area contributed by atoms with Crippen LogP contribution in [-0.2, 0) is 6.54 Å². The maximum absolute atomic E-state index is 13.3. The van der Waals surface area contributed by atoms with Crippen molar-refractivity contribution in [2.45, 2.75) is 25.3 Å². The quantitative estimate of drug-likeness (QED) is 0.648. The van der Waals surface area contributed by atoms with Crippen LogP contribution in [0.25, 0.3) is 11.3 Å². The van der Waals surface area contributed by atoms with Gasteiger partial charge in [0.2, 0.25) is 5.95 Å². The van der Waals surface area contributed by atoms with Gasteiger partial charge in [-0.25, -0.2) is 23.4 Å². The lowest BCUT2D eigenvalue weighted by Crippen LogP contribution is -2.40. The number of piperidine rings is 1. The van der Waals surface area contributed by atoms with E-state index >= 15 is 0 Å². The van der Waals surface area contributed by atoms with Gasteiger partial charge in [-0.2, -0.15) is 5.10 Å². The van der Waals surface area contributed by atoms with Gasteiger partial charge in [0.25, 0.3) is 11.5 Å². The molecule has 0 amide bonds. The average Bonchev–Trinajstić information content (AvgIpc) is 2.71. The monoisotopic (exact) mass is 417 g/mol. The highest BCUT2D eigenvalue weighted by molar-refractivity contribution is 6.30. The SMILES string of the molecule is O=c1ccc(-c2cnc(N3CCC(F)(F)CC3)nc2)nn1Cc1ccc(Cl)cc1. The molecule has 6 nitrogen and oxygen atoms in total. The second-order valence-corrected chi connectivity index (χ2v) is 7.39. The van der Waals surface area contributed by atoms with Crippen LogP contribution >= 0.6 is 11.6 Å². The number of hydrogen-bond donors (Lipinski definition) is 0. The van der Waals surface area contributed by atoms with Crippen molar-refractivity contribution in [1.82, 2.24) is 19.7 Å². The number of hydrogen-bond acceptors (Lipinski definition) is 5. The molecular weight excluding hydrogens is 400 g/mol. The third-order valence-electron chi connectivity index (χ3n) is 4.82. The maximum Gasteiger partial charge on any atom is 0.267 e. The molecule has 3 aromatic rings. The van der Waals surface area contributed by atoms with E-state index in [1.54, 1.807) is 35.5 Å². The van der Waals surface area contributed by atoms with Gasteiger partial charge in [0.15, 0.2) is 0 Å². The molecule has 0 bridgehead atoms. The largest absolute Gasteiger partial charge is 0.340 e. The molecule has 1 aliphatic heterocycles. The van der Waals surface area contributed by atoms with Gasteiger partial charge in [0.1, 0.15) is 0 Å². The van der Waals surface area contributed by atoms with Gasteiger partial charge in [0.05, 0.1) is 12.2 Å². The highest BCUT2D eigenvalue weighted by atomic mass is 35.5. The van der Waals surface area contributed by atoms with E-state index in [4.69, 9.17) is 11.6 Å². The fourth-order valence-electron chi connectivity index (χ4n) is 3.13. The first-order valence-corrected chi connectivity index (χ1v) is 9.55. The smallest absolute Gasteiger partial charge is 0.267 e. The lowest BCUT2D eigenvalue weighted by atomic mass is 10.1. The molecule has 0 radical (unpaired) electrons. The van der Waals surface area contributed by atoms with E-state index in [0.717, 1.165) is 5.56 Å². The molecule has 1 aliphatic rings. The molecule has 0 atom stereocenters. The zero-order valence-electron chi connectivity index (χ0n) is 15.4. The minimum Gasteiger partial charge on any atom is -0.340 e. The Labute approximate surface area is 170 Å². The second kappa shape index (κ2) is 7.87. The maximum atomic E-state index is 13.3. The van der Waals surface area contributed by atoms with Crippen LogP contribution in [0.15, 0.2) is 53.6 Å². The van der Waals surface area contributed by atoms with Crippen molar-refractivity contribution in [2.24, 2.45) is 0 Å². The van der Waals surface area contributed by atoms with Gasteiger partial charge in [-0.1, -0.05) is 23.7 Å². The van der Waals surface area contributed by atoms with Crippen LogP contribution in [-0.4, -0.2) is 38.8 Å². The fraction of sp³-hybridized carbons (Fsp3) is 0.300. The zero-order valence-corrected chi connectivity index (χ0v) is 16.2. The number of alkyl halides is 2. The zero-order chi connectivity index (χ0) is 20.4. The van der Waals surface area contributed by atoms with Crippen LogP contribution in [0, 0.1) is 0 Å². The van der Waals surface area contributed by atoms with Crippen LogP contribution in [0.4, 0.5) is 14.7 Å². The second-order valence-electron chi connectivity index (χ2n) is 6.96. The lowest BCUT2D eigenvalue weighted by molar-refractivity contribution is -0.0222. The Morgan fingerprint density at radius 1 is 1.00 bits per heavy atom. The van der Waals surface area contributed by atoms with Crippen LogP contribution in [0.5, 0.6) is 0 Å². The Bertz CT molecular complexity index is 1040. The van der Waals surface area contributed by atoms with Crippen LogP contribution in [0.2, 0.25) is 5.02 Å². The van der Waals surface area contributed by atoms with Gasteiger partial charge >= 0.3 is 0 Å². The minimum absolute atomic E-state index is 0.199. The standard InChI is InChI=1S/C20H18ClF2N5O/c21-16-3-1-14(2-4-16)13-28-18(29)6-5-17(26-28)15-11-24-19(25-12-15)27-9-7-20(22,23)8-10-27/h1-6,11-12H,7-10,13H2. The highest BCUT2D eigenvalue weighted by Gasteiger charge is 2.34. The summed E-state index contributed by atoms with van der Waals surface area (Å²) in [5.74, 6) is -2.20. The van der Waals surface area contributed by atoms with Crippen LogP contribution < -0.4 is 10.5 Å². The van der Waals surface area contributed by atoms with Gasteiger partial charge in [0, 0.05) is 55.0 Å². The minimum atomic E-state index is -2.61. The number of anilines is 1. The Hall–Kier alpha value is -2.87. The first-order chi connectivity index (χ1) is 13.9. The molecule has 2 aromatic heterocycles. The number of nitrogens with zero attached hydrogens (tertiary/aromatic N) is 5. The molecular formula is C20H18ClF2N5O. The molecule has 0 unspecified atom stereocenters. The molecule has 150 valence electrons. The fourth-order valence-corrected chi connectivity index (χ4v) is 3.26. The summed E-state index contributed by atoms with van der Waals surface area (Å²) in [5, 5.41) is 5.02. The predicted octanol–water partition coefficient (Wildman–Crippen LogP) is 3.64.